The Kier molecular flexibility index (Phi) is 4.69. The van der Waals surface area contributed by atoms with Crippen LogP contribution < -0.4 is 0 Å². The molecule has 2 heterocycles. The van der Waals surface area contributed by atoms with Gasteiger partial charge in [-0.25, -0.2) is 4.68 Å². The van der Waals surface area contributed by atoms with Gasteiger partial charge in [-0.1, -0.05) is 38.5 Å². The molecule has 1 atom stereocenters. The van der Waals surface area contributed by atoms with Gasteiger partial charge in [0.25, 0.3) is 5.91 Å². The highest BCUT2D eigenvalue weighted by Gasteiger charge is 2.32. The minimum Gasteiger partial charge on any atom is -0.396 e. The zero-order valence-electron chi connectivity index (χ0n) is 15.5. The van der Waals surface area contributed by atoms with Crippen molar-refractivity contribution in [1.29, 1.82) is 0 Å². The van der Waals surface area contributed by atoms with Crippen LogP contribution in [0.3, 0.4) is 0 Å². The molecule has 1 saturated heterocycles. The molecule has 1 N–H and O–H groups in total. The number of likely N-dealkylation sites (tertiary alicyclic amines) is 1. The summed E-state index contributed by atoms with van der Waals surface area (Å²) in [5.41, 5.74) is 3.38. The van der Waals surface area contributed by atoms with Crippen LogP contribution in [-0.2, 0) is 5.41 Å². The molecule has 3 rings (SSSR count). The van der Waals surface area contributed by atoms with Gasteiger partial charge in [0.05, 0.1) is 16.9 Å². The van der Waals surface area contributed by atoms with E-state index in [0.29, 0.717) is 18.7 Å². The van der Waals surface area contributed by atoms with E-state index in [0.717, 1.165) is 17.8 Å². The number of aryl methyl sites for hydroxylation is 1. The highest BCUT2D eigenvalue weighted by molar-refractivity contribution is 5.95. The number of rotatable bonds is 3. The molecule has 1 aliphatic heterocycles. The Bertz CT molecular complexity index is 756. The first kappa shape index (κ1) is 17.7. The number of hydrogen-bond acceptors (Lipinski definition) is 3. The second-order valence-corrected chi connectivity index (χ2v) is 8.01. The van der Waals surface area contributed by atoms with Crippen LogP contribution in [0.1, 0.15) is 48.8 Å². The van der Waals surface area contributed by atoms with Crippen molar-refractivity contribution >= 4 is 5.91 Å². The molecule has 0 bridgehead atoms. The molecule has 0 aliphatic carbocycles. The lowest BCUT2D eigenvalue weighted by molar-refractivity contribution is 0.0779. The zero-order valence-corrected chi connectivity index (χ0v) is 15.5. The topological polar surface area (TPSA) is 58.4 Å². The first-order chi connectivity index (χ1) is 11.8. The maximum absolute atomic E-state index is 13.1. The number of carbonyl (C=O) groups is 1. The molecule has 1 aliphatic rings. The summed E-state index contributed by atoms with van der Waals surface area (Å²) < 4.78 is 1.80. The SMILES string of the molecule is Cc1ccc(-n2cc(C(=O)N3CCC(CO)C3)c(C(C)(C)C)n2)cc1. The number of benzene rings is 1. The van der Waals surface area contributed by atoms with Crippen LogP contribution in [-0.4, -0.2) is 45.4 Å². The lowest BCUT2D eigenvalue weighted by atomic mass is 9.89. The van der Waals surface area contributed by atoms with Gasteiger partial charge in [-0.05, 0) is 25.5 Å². The molecule has 1 aromatic carbocycles. The fourth-order valence-electron chi connectivity index (χ4n) is 3.25. The molecule has 1 aromatic heterocycles. The lowest BCUT2D eigenvalue weighted by Crippen LogP contribution is -2.31. The summed E-state index contributed by atoms with van der Waals surface area (Å²) in [6.45, 7) is 9.73. The molecular weight excluding hydrogens is 314 g/mol. The Labute approximate surface area is 149 Å². The van der Waals surface area contributed by atoms with E-state index in [9.17, 15) is 9.90 Å². The molecule has 2 aromatic rings. The van der Waals surface area contributed by atoms with E-state index >= 15 is 0 Å². The third-order valence-electron chi connectivity index (χ3n) is 4.78. The quantitative estimate of drug-likeness (QED) is 0.934. The lowest BCUT2D eigenvalue weighted by Gasteiger charge is -2.20. The average Bonchev–Trinajstić information content (AvgIpc) is 3.21. The average molecular weight is 341 g/mol. The third kappa shape index (κ3) is 3.61. The van der Waals surface area contributed by atoms with Crippen molar-refractivity contribution in [1.82, 2.24) is 14.7 Å². The Morgan fingerprint density at radius 2 is 1.96 bits per heavy atom. The largest absolute Gasteiger partial charge is 0.396 e. The predicted molar refractivity (Wildman–Crippen MR) is 98.1 cm³/mol. The third-order valence-corrected chi connectivity index (χ3v) is 4.78. The summed E-state index contributed by atoms with van der Waals surface area (Å²) in [6.07, 6.45) is 2.71. The van der Waals surface area contributed by atoms with Gasteiger partial charge in [0, 0.05) is 37.2 Å². The van der Waals surface area contributed by atoms with Crippen molar-refractivity contribution in [3.05, 3.63) is 47.3 Å². The molecule has 0 saturated carbocycles. The van der Waals surface area contributed by atoms with Gasteiger partial charge in [0.15, 0.2) is 0 Å². The van der Waals surface area contributed by atoms with Crippen LogP contribution in [0.5, 0.6) is 0 Å². The van der Waals surface area contributed by atoms with Crippen molar-refractivity contribution in [3.63, 3.8) is 0 Å². The molecule has 1 fully saturated rings. The van der Waals surface area contributed by atoms with Crippen molar-refractivity contribution in [3.8, 4) is 5.69 Å². The van der Waals surface area contributed by atoms with Gasteiger partial charge >= 0.3 is 0 Å². The molecule has 0 radical (unpaired) electrons. The van der Waals surface area contributed by atoms with E-state index in [2.05, 4.69) is 20.8 Å². The van der Waals surface area contributed by atoms with E-state index < -0.39 is 0 Å². The fourth-order valence-corrected chi connectivity index (χ4v) is 3.25. The highest BCUT2D eigenvalue weighted by Crippen LogP contribution is 2.28. The minimum absolute atomic E-state index is 0.0132. The van der Waals surface area contributed by atoms with Crippen molar-refractivity contribution in [2.75, 3.05) is 19.7 Å². The molecule has 0 spiro atoms. The normalized spacial score (nSPS) is 18.0. The van der Waals surface area contributed by atoms with Crippen LogP contribution >= 0.6 is 0 Å². The number of nitrogens with zero attached hydrogens (tertiary/aromatic N) is 3. The second-order valence-electron chi connectivity index (χ2n) is 8.01. The van der Waals surface area contributed by atoms with Crippen LogP contribution in [0.2, 0.25) is 0 Å². The van der Waals surface area contributed by atoms with Crippen LogP contribution in [0.4, 0.5) is 0 Å². The van der Waals surface area contributed by atoms with Gasteiger partial charge < -0.3 is 10.0 Å². The Balaban J connectivity index is 1.97. The van der Waals surface area contributed by atoms with Gasteiger partial charge in [-0.15, -0.1) is 0 Å². The minimum atomic E-state index is -0.225. The molecule has 1 amide bonds. The standard InChI is InChI=1S/C20H27N3O2/c1-14-5-7-16(8-6-14)23-12-17(18(21-23)20(2,3)4)19(25)22-10-9-15(11-22)13-24/h5-8,12,15,24H,9-11,13H2,1-4H3. The van der Waals surface area contributed by atoms with Gasteiger partial charge in [0.2, 0.25) is 0 Å². The first-order valence-electron chi connectivity index (χ1n) is 8.87. The van der Waals surface area contributed by atoms with E-state index in [4.69, 9.17) is 5.10 Å². The van der Waals surface area contributed by atoms with E-state index in [-0.39, 0.29) is 23.8 Å². The summed E-state index contributed by atoms with van der Waals surface area (Å²) in [7, 11) is 0. The molecule has 5 heteroatoms. The molecule has 5 nitrogen and oxygen atoms in total. The maximum Gasteiger partial charge on any atom is 0.257 e. The Hall–Kier alpha value is -2.14. The molecular formula is C20H27N3O2. The number of aromatic nitrogens is 2. The first-order valence-corrected chi connectivity index (χ1v) is 8.87. The fraction of sp³-hybridized carbons (Fsp3) is 0.500. The van der Waals surface area contributed by atoms with E-state index in [1.54, 1.807) is 4.68 Å². The highest BCUT2D eigenvalue weighted by atomic mass is 16.3. The number of carbonyl (C=O) groups excluding carboxylic acids is 1. The number of hydrogen-bond donors (Lipinski definition) is 1. The number of aliphatic hydroxyl groups is 1. The summed E-state index contributed by atoms with van der Waals surface area (Å²) in [4.78, 5) is 14.9. The summed E-state index contributed by atoms with van der Waals surface area (Å²) >= 11 is 0. The maximum atomic E-state index is 13.1. The predicted octanol–water partition coefficient (Wildman–Crippen LogP) is 2.93. The van der Waals surface area contributed by atoms with Crippen molar-refractivity contribution in [2.45, 2.75) is 39.5 Å². The van der Waals surface area contributed by atoms with Crippen LogP contribution in [0.25, 0.3) is 5.69 Å². The van der Waals surface area contributed by atoms with Crippen LogP contribution in [0, 0.1) is 12.8 Å². The van der Waals surface area contributed by atoms with Gasteiger partial charge in [-0.2, -0.15) is 5.10 Å². The zero-order chi connectivity index (χ0) is 18.2. The number of amides is 1. The van der Waals surface area contributed by atoms with E-state index in [1.807, 2.05) is 42.3 Å². The summed E-state index contributed by atoms with van der Waals surface area (Å²) in [6, 6.07) is 8.12. The Morgan fingerprint density at radius 3 is 2.52 bits per heavy atom. The molecule has 25 heavy (non-hydrogen) atoms. The Morgan fingerprint density at radius 1 is 1.28 bits per heavy atom. The summed E-state index contributed by atoms with van der Waals surface area (Å²) in [5.74, 6) is 0.202. The molecule has 134 valence electrons. The van der Waals surface area contributed by atoms with Crippen LogP contribution in [0.15, 0.2) is 30.5 Å². The molecule has 1 unspecified atom stereocenters. The van der Waals surface area contributed by atoms with E-state index in [1.165, 1.54) is 5.56 Å². The number of aliphatic hydroxyl groups excluding tert-OH is 1. The van der Waals surface area contributed by atoms with Crippen molar-refractivity contribution < 1.29 is 9.90 Å². The monoisotopic (exact) mass is 341 g/mol. The van der Waals surface area contributed by atoms with Gasteiger partial charge in [-0.3, -0.25) is 4.79 Å². The summed E-state index contributed by atoms with van der Waals surface area (Å²) in [5, 5.41) is 14.1. The van der Waals surface area contributed by atoms with Crippen molar-refractivity contribution in [2.24, 2.45) is 5.92 Å². The van der Waals surface area contributed by atoms with Gasteiger partial charge in [0.1, 0.15) is 0 Å². The smallest absolute Gasteiger partial charge is 0.257 e. The second kappa shape index (κ2) is 6.64.